The van der Waals surface area contributed by atoms with Crippen molar-refractivity contribution in [1.29, 1.82) is 0 Å². The van der Waals surface area contributed by atoms with Crippen LogP contribution >= 0.6 is 0 Å². The molecule has 3 N–H and O–H groups in total. The molecule has 0 aromatic rings. The minimum absolute atomic E-state index is 0.0297. The van der Waals surface area contributed by atoms with Gasteiger partial charge in [-0.15, -0.1) is 0 Å². The minimum Gasteiger partial charge on any atom is -0.465 e. The van der Waals surface area contributed by atoms with Crippen LogP contribution in [0.2, 0.25) is 0 Å². The first-order valence-electron chi connectivity index (χ1n) is 12.2. The Hall–Kier alpha value is -3.10. The van der Waals surface area contributed by atoms with Crippen molar-refractivity contribution >= 4 is 11.8 Å². The summed E-state index contributed by atoms with van der Waals surface area (Å²) in [6.45, 7) is 6.87. The molecule has 0 radical (unpaired) electrons. The number of carbonyl (C=O) groups excluding carboxylic acids is 2. The summed E-state index contributed by atoms with van der Waals surface area (Å²) in [4.78, 5) is 26.8. The molecule has 0 spiro atoms. The standard InChI is InChI=1S/C27H34N2O6/c1-4-34-26(31)24-19(14-32-11-10-28)29-18-12-27(2,3)13-20(30)23(18)25(24)22-16-33-15-21(35-22)17-8-6-5-7-9-17/h5-6,8,15-16,25,29H,4,7,9-14,28H2,1-3H3. The second kappa shape index (κ2) is 10.7. The number of ketones is 1. The number of dihydropyridines is 1. The van der Waals surface area contributed by atoms with Crippen molar-refractivity contribution < 1.29 is 28.5 Å². The molecule has 4 aliphatic rings. The quantitative estimate of drug-likeness (QED) is 0.399. The van der Waals surface area contributed by atoms with E-state index in [1.54, 1.807) is 13.2 Å². The van der Waals surface area contributed by atoms with Crippen molar-refractivity contribution in [3.8, 4) is 0 Å². The average Bonchev–Trinajstić information content (AvgIpc) is 2.83. The van der Waals surface area contributed by atoms with Gasteiger partial charge < -0.3 is 30.0 Å². The van der Waals surface area contributed by atoms with Gasteiger partial charge in [-0.3, -0.25) is 4.79 Å². The van der Waals surface area contributed by atoms with E-state index in [1.807, 2.05) is 12.2 Å². The predicted molar refractivity (Wildman–Crippen MR) is 130 cm³/mol. The summed E-state index contributed by atoms with van der Waals surface area (Å²) in [7, 11) is 0. The summed E-state index contributed by atoms with van der Waals surface area (Å²) >= 11 is 0. The maximum Gasteiger partial charge on any atom is 0.336 e. The number of ether oxygens (including phenoxy) is 4. The van der Waals surface area contributed by atoms with Crippen LogP contribution in [0, 0.1) is 11.3 Å². The van der Waals surface area contributed by atoms with E-state index in [1.165, 1.54) is 6.26 Å². The van der Waals surface area contributed by atoms with Gasteiger partial charge in [0.2, 0.25) is 0 Å². The van der Waals surface area contributed by atoms with Crippen molar-refractivity contribution in [1.82, 2.24) is 5.32 Å². The second-order valence-electron chi connectivity index (χ2n) is 9.74. The SMILES string of the molecule is CCOC(=O)C1=C(COCCN)NC2=C(C(=O)CC(C)(C)C2)C1C1=COC=C(C2=CC=CCC2)O1. The van der Waals surface area contributed by atoms with Crippen LogP contribution in [0.25, 0.3) is 0 Å². The molecule has 0 aromatic heterocycles. The van der Waals surface area contributed by atoms with Crippen LogP contribution in [0.1, 0.15) is 46.5 Å². The van der Waals surface area contributed by atoms with Crippen molar-refractivity contribution in [2.75, 3.05) is 26.4 Å². The molecule has 2 heterocycles. The molecule has 188 valence electrons. The molecule has 0 bridgehead atoms. The molecular formula is C27H34N2O6. The summed E-state index contributed by atoms with van der Waals surface area (Å²) < 4.78 is 23.2. The fourth-order valence-electron chi connectivity index (χ4n) is 4.87. The lowest BCUT2D eigenvalue weighted by atomic mass is 9.69. The van der Waals surface area contributed by atoms with Crippen molar-refractivity contribution in [3.63, 3.8) is 0 Å². The number of Topliss-reactive ketones (excluding diaryl/α,β-unsaturated/α-hetero) is 1. The van der Waals surface area contributed by atoms with Crippen molar-refractivity contribution in [3.05, 3.63) is 70.4 Å². The third kappa shape index (κ3) is 5.44. The third-order valence-corrected chi connectivity index (χ3v) is 6.33. The Morgan fingerprint density at radius 2 is 2.11 bits per heavy atom. The Balaban J connectivity index is 1.78. The monoisotopic (exact) mass is 482 g/mol. The van der Waals surface area contributed by atoms with Crippen LogP contribution in [0.4, 0.5) is 0 Å². The highest BCUT2D eigenvalue weighted by atomic mass is 16.5. The lowest BCUT2D eigenvalue weighted by Crippen LogP contribution is -2.42. The Bertz CT molecular complexity index is 1070. The Morgan fingerprint density at radius 3 is 2.83 bits per heavy atom. The van der Waals surface area contributed by atoms with E-state index in [9.17, 15) is 9.59 Å². The minimum atomic E-state index is -0.770. The van der Waals surface area contributed by atoms with Crippen LogP contribution in [0.5, 0.6) is 0 Å². The highest BCUT2D eigenvalue weighted by molar-refractivity contribution is 6.03. The molecule has 0 saturated heterocycles. The van der Waals surface area contributed by atoms with Gasteiger partial charge >= 0.3 is 5.97 Å². The largest absolute Gasteiger partial charge is 0.465 e. The first kappa shape index (κ1) is 25.0. The molecule has 2 aliphatic heterocycles. The number of allylic oxidation sites excluding steroid dienone is 6. The molecule has 0 fully saturated rings. The van der Waals surface area contributed by atoms with Crippen LogP contribution in [-0.2, 0) is 28.5 Å². The van der Waals surface area contributed by atoms with Gasteiger partial charge in [0, 0.05) is 24.2 Å². The van der Waals surface area contributed by atoms with Gasteiger partial charge in [-0.05, 0) is 37.2 Å². The molecule has 0 saturated carbocycles. The molecule has 35 heavy (non-hydrogen) atoms. The molecule has 1 unspecified atom stereocenters. The topological polar surface area (TPSA) is 109 Å². The van der Waals surface area contributed by atoms with Crippen molar-refractivity contribution in [2.24, 2.45) is 17.1 Å². The van der Waals surface area contributed by atoms with Gasteiger partial charge in [-0.1, -0.05) is 32.1 Å². The number of esters is 1. The van der Waals surface area contributed by atoms with Crippen molar-refractivity contribution in [2.45, 2.75) is 46.5 Å². The number of nitrogens with two attached hydrogens (primary N) is 1. The summed E-state index contributed by atoms with van der Waals surface area (Å²) in [5.74, 6) is -0.382. The fraction of sp³-hybridized carbons (Fsp3) is 0.481. The average molecular weight is 483 g/mol. The van der Waals surface area contributed by atoms with E-state index in [4.69, 9.17) is 24.7 Å². The zero-order valence-corrected chi connectivity index (χ0v) is 20.6. The Labute approximate surface area is 206 Å². The summed E-state index contributed by atoms with van der Waals surface area (Å²) in [6, 6.07) is 0. The molecule has 8 nitrogen and oxygen atoms in total. The van der Waals surface area contributed by atoms with E-state index in [0.717, 1.165) is 24.1 Å². The van der Waals surface area contributed by atoms with Gasteiger partial charge in [0.15, 0.2) is 17.3 Å². The highest BCUT2D eigenvalue weighted by Gasteiger charge is 2.46. The fourth-order valence-corrected chi connectivity index (χ4v) is 4.87. The van der Waals surface area contributed by atoms with Crippen LogP contribution in [0.3, 0.4) is 0 Å². The van der Waals surface area contributed by atoms with E-state index in [2.05, 4.69) is 25.2 Å². The number of nitrogens with one attached hydrogen (secondary N) is 1. The van der Waals surface area contributed by atoms with Gasteiger partial charge in [-0.25, -0.2) is 4.79 Å². The van der Waals surface area contributed by atoms with Crippen LogP contribution in [-0.4, -0.2) is 38.1 Å². The van der Waals surface area contributed by atoms with Crippen LogP contribution < -0.4 is 11.1 Å². The first-order valence-corrected chi connectivity index (χ1v) is 12.2. The molecule has 0 amide bonds. The second-order valence-corrected chi connectivity index (χ2v) is 9.74. The van der Waals surface area contributed by atoms with E-state index >= 15 is 0 Å². The highest BCUT2D eigenvalue weighted by Crippen LogP contribution is 2.46. The smallest absolute Gasteiger partial charge is 0.336 e. The van der Waals surface area contributed by atoms with Crippen LogP contribution in [0.15, 0.2) is 70.4 Å². The molecule has 0 aromatic carbocycles. The zero-order valence-electron chi connectivity index (χ0n) is 20.6. The van der Waals surface area contributed by atoms with E-state index in [-0.39, 0.29) is 24.4 Å². The number of carbonyl (C=O) groups is 2. The maximum absolute atomic E-state index is 13.5. The lowest BCUT2D eigenvalue weighted by Gasteiger charge is -2.40. The molecular weight excluding hydrogens is 448 g/mol. The molecule has 2 aliphatic carbocycles. The molecule has 8 heteroatoms. The summed E-state index contributed by atoms with van der Waals surface area (Å²) in [5.41, 5.74) is 8.51. The van der Waals surface area contributed by atoms with Gasteiger partial charge in [0.1, 0.15) is 12.5 Å². The number of rotatable bonds is 8. The zero-order chi connectivity index (χ0) is 25.0. The maximum atomic E-state index is 13.5. The lowest BCUT2D eigenvalue weighted by molar-refractivity contribution is -0.139. The molecule has 4 rings (SSSR count). The van der Waals surface area contributed by atoms with E-state index < -0.39 is 11.9 Å². The van der Waals surface area contributed by atoms with Gasteiger partial charge in [-0.2, -0.15) is 0 Å². The third-order valence-electron chi connectivity index (χ3n) is 6.33. The van der Waals surface area contributed by atoms with Gasteiger partial charge in [0.25, 0.3) is 0 Å². The molecule has 1 atom stereocenters. The normalized spacial score (nSPS) is 23.4. The summed E-state index contributed by atoms with van der Waals surface area (Å²) in [6.07, 6.45) is 11.8. The Kier molecular flexibility index (Phi) is 7.62. The summed E-state index contributed by atoms with van der Waals surface area (Å²) in [5, 5.41) is 3.35. The van der Waals surface area contributed by atoms with E-state index in [0.29, 0.717) is 54.4 Å². The Morgan fingerprint density at radius 1 is 1.29 bits per heavy atom. The predicted octanol–water partition coefficient (Wildman–Crippen LogP) is 3.65. The number of hydrogen-bond donors (Lipinski definition) is 2. The first-order chi connectivity index (χ1) is 16.8. The number of hydrogen-bond acceptors (Lipinski definition) is 8. The van der Waals surface area contributed by atoms with Gasteiger partial charge in [0.05, 0.1) is 37.0 Å².